The normalized spacial score (nSPS) is 11.1. The van der Waals surface area contributed by atoms with E-state index in [0.29, 0.717) is 18.1 Å². The summed E-state index contributed by atoms with van der Waals surface area (Å²) in [6, 6.07) is 4.37. The molecule has 0 aliphatic heterocycles. The highest BCUT2D eigenvalue weighted by molar-refractivity contribution is 5.94. The number of hydrogen-bond acceptors (Lipinski definition) is 4. The number of carbonyl (C=O) groups is 1. The monoisotopic (exact) mass is 289 g/mol. The van der Waals surface area contributed by atoms with E-state index in [1.165, 1.54) is 25.3 Å². The van der Waals surface area contributed by atoms with Gasteiger partial charge in [-0.3, -0.25) is 4.79 Å². The first-order chi connectivity index (χ1) is 9.43. The molecule has 0 atom stereocenters. The van der Waals surface area contributed by atoms with Crippen molar-refractivity contribution in [2.75, 3.05) is 26.9 Å². The number of methoxy groups -OCH3 is 1. The fraction of sp³-hybridized carbons (Fsp3) is 0.462. The van der Waals surface area contributed by atoms with Crippen LogP contribution < -0.4 is 14.8 Å². The van der Waals surface area contributed by atoms with Crippen molar-refractivity contribution < 1.29 is 28.2 Å². The molecule has 1 aromatic carbocycles. The average molecular weight is 289 g/mol. The van der Waals surface area contributed by atoms with Gasteiger partial charge in [0.2, 0.25) is 0 Å². The van der Waals surface area contributed by atoms with E-state index in [1.807, 2.05) is 0 Å². The number of rotatable bonds is 7. The lowest BCUT2D eigenvalue weighted by atomic mass is 10.2. The zero-order valence-electron chi connectivity index (χ0n) is 11.3. The highest BCUT2D eigenvalue weighted by atomic mass is 19.3. The summed E-state index contributed by atoms with van der Waals surface area (Å²) in [5, 5.41) is 10.5. The lowest BCUT2D eigenvalue weighted by Crippen LogP contribution is -2.38. The third kappa shape index (κ3) is 4.34. The minimum atomic E-state index is -3.34. The first-order valence-electron chi connectivity index (χ1n) is 6.01. The van der Waals surface area contributed by atoms with Crippen LogP contribution in [0.1, 0.15) is 17.3 Å². The fourth-order valence-corrected chi connectivity index (χ4v) is 1.45. The lowest BCUT2D eigenvalue weighted by Gasteiger charge is -2.15. The van der Waals surface area contributed by atoms with E-state index in [-0.39, 0.29) is 5.56 Å². The third-order valence-corrected chi connectivity index (χ3v) is 2.46. The Balaban J connectivity index is 2.80. The van der Waals surface area contributed by atoms with Crippen LogP contribution in [0.15, 0.2) is 18.2 Å². The summed E-state index contributed by atoms with van der Waals surface area (Å²) < 4.78 is 36.0. The van der Waals surface area contributed by atoms with Crippen molar-refractivity contribution in [1.29, 1.82) is 0 Å². The lowest BCUT2D eigenvalue weighted by molar-refractivity contribution is -0.0462. The molecule has 7 heteroatoms. The molecule has 0 heterocycles. The highest BCUT2D eigenvalue weighted by Crippen LogP contribution is 2.28. The maximum absolute atomic E-state index is 12.8. The van der Waals surface area contributed by atoms with Crippen LogP contribution in [0.4, 0.5) is 8.78 Å². The van der Waals surface area contributed by atoms with E-state index in [4.69, 9.17) is 14.6 Å². The smallest absolute Gasteiger partial charge is 0.287 e. The molecule has 0 saturated heterocycles. The second-order valence-corrected chi connectivity index (χ2v) is 4.00. The van der Waals surface area contributed by atoms with Crippen molar-refractivity contribution >= 4 is 5.91 Å². The van der Waals surface area contributed by atoms with Gasteiger partial charge >= 0.3 is 0 Å². The van der Waals surface area contributed by atoms with E-state index in [0.717, 1.165) is 0 Å². The van der Waals surface area contributed by atoms with Gasteiger partial charge in [-0.2, -0.15) is 0 Å². The van der Waals surface area contributed by atoms with Gasteiger partial charge in [0.25, 0.3) is 11.8 Å². The fourth-order valence-electron chi connectivity index (χ4n) is 1.45. The standard InChI is InChI=1S/C13H17F2NO4/c1-3-20-11-6-9(4-5-10(11)19-2)12(18)16-7-13(14,15)8-17/h4-6,17H,3,7-8H2,1-2H3,(H,16,18). The number of aliphatic hydroxyl groups excluding tert-OH is 1. The molecule has 0 fully saturated rings. The molecule has 112 valence electrons. The maximum Gasteiger partial charge on any atom is 0.287 e. The number of alkyl halides is 2. The Labute approximate surface area is 115 Å². The molecule has 0 spiro atoms. The van der Waals surface area contributed by atoms with Gasteiger partial charge in [-0.25, -0.2) is 8.78 Å². The summed E-state index contributed by atoms with van der Waals surface area (Å²) in [6.45, 7) is -0.101. The molecular formula is C13H17F2NO4. The molecule has 0 radical (unpaired) electrons. The third-order valence-electron chi connectivity index (χ3n) is 2.46. The Kier molecular flexibility index (Phi) is 5.69. The Morgan fingerprint density at radius 1 is 1.40 bits per heavy atom. The summed E-state index contributed by atoms with van der Waals surface area (Å²) in [6.07, 6.45) is 0. The van der Waals surface area contributed by atoms with Crippen LogP contribution in [-0.2, 0) is 0 Å². The minimum absolute atomic E-state index is 0.169. The number of carbonyl (C=O) groups excluding carboxylic acids is 1. The SMILES string of the molecule is CCOc1cc(C(=O)NCC(F)(F)CO)ccc1OC. The largest absolute Gasteiger partial charge is 0.493 e. The Morgan fingerprint density at radius 2 is 2.10 bits per heavy atom. The highest BCUT2D eigenvalue weighted by Gasteiger charge is 2.28. The first kappa shape index (κ1) is 16.2. The van der Waals surface area contributed by atoms with Crippen LogP contribution in [0, 0.1) is 0 Å². The number of amides is 1. The zero-order valence-corrected chi connectivity index (χ0v) is 11.3. The number of halogens is 2. The van der Waals surface area contributed by atoms with E-state index in [2.05, 4.69) is 5.32 Å². The van der Waals surface area contributed by atoms with Gasteiger partial charge in [-0.1, -0.05) is 0 Å². The molecule has 2 N–H and O–H groups in total. The molecule has 0 bridgehead atoms. The number of benzene rings is 1. The van der Waals surface area contributed by atoms with Gasteiger partial charge in [0.1, 0.15) is 6.61 Å². The molecule has 1 amide bonds. The molecule has 0 aliphatic rings. The summed E-state index contributed by atoms with van der Waals surface area (Å²) >= 11 is 0. The molecule has 1 rings (SSSR count). The van der Waals surface area contributed by atoms with Gasteiger partial charge in [0, 0.05) is 5.56 Å². The molecular weight excluding hydrogens is 272 g/mol. The molecule has 5 nitrogen and oxygen atoms in total. The first-order valence-corrected chi connectivity index (χ1v) is 6.01. The van der Waals surface area contributed by atoms with Gasteiger partial charge in [-0.05, 0) is 25.1 Å². The predicted octanol–water partition coefficient (Wildman–Crippen LogP) is 1.45. The van der Waals surface area contributed by atoms with Crippen LogP contribution >= 0.6 is 0 Å². The second-order valence-electron chi connectivity index (χ2n) is 4.00. The predicted molar refractivity (Wildman–Crippen MR) is 68.5 cm³/mol. The number of nitrogens with one attached hydrogen (secondary N) is 1. The van der Waals surface area contributed by atoms with Crippen molar-refractivity contribution in [2.24, 2.45) is 0 Å². The van der Waals surface area contributed by atoms with Gasteiger partial charge < -0.3 is 19.9 Å². The number of aliphatic hydroxyl groups is 1. The quantitative estimate of drug-likeness (QED) is 0.797. The van der Waals surface area contributed by atoms with E-state index in [9.17, 15) is 13.6 Å². The van der Waals surface area contributed by atoms with Crippen molar-refractivity contribution in [1.82, 2.24) is 5.32 Å². The summed E-state index contributed by atoms with van der Waals surface area (Å²) in [5.74, 6) is -3.22. The molecule has 0 saturated carbocycles. The average Bonchev–Trinajstić information content (AvgIpc) is 2.45. The van der Waals surface area contributed by atoms with Crippen molar-refractivity contribution in [3.8, 4) is 11.5 Å². The zero-order chi connectivity index (χ0) is 15.2. The molecule has 1 aromatic rings. The molecule has 20 heavy (non-hydrogen) atoms. The van der Waals surface area contributed by atoms with Crippen LogP contribution in [0.2, 0.25) is 0 Å². The maximum atomic E-state index is 12.8. The van der Waals surface area contributed by atoms with Crippen molar-refractivity contribution in [3.63, 3.8) is 0 Å². The van der Waals surface area contributed by atoms with Crippen LogP contribution in [0.5, 0.6) is 11.5 Å². The Morgan fingerprint density at radius 3 is 2.65 bits per heavy atom. The van der Waals surface area contributed by atoms with Crippen LogP contribution in [0.3, 0.4) is 0 Å². The van der Waals surface area contributed by atoms with Crippen molar-refractivity contribution in [2.45, 2.75) is 12.8 Å². The topological polar surface area (TPSA) is 67.8 Å². The molecule has 0 aromatic heterocycles. The van der Waals surface area contributed by atoms with Crippen LogP contribution in [0.25, 0.3) is 0 Å². The molecule has 0 aliphatic carbocycles. The second kappa shape index (κ2) is 7.04. The number of ether oxygens (including phenoxy) is 2. The van der Waals surface area contributed by atoms with Gasteiger partial charge in [-0.15, -0.1) is 0 Å². The Hall–Kier alpha value is -1.89. The van der Waals surface area contributed by atoms with E-state index >= 15 is 0 Å². The van der Waals surface area contributed by atoms with Gasteiger partial charge in [0.05, 0.1) is 20.3 Å². The van der Waals surface area contributed by atoms with Crippen molar-refractivity contribution in [3.05, 3.63) is 23.8 Å². The van der Waals surface area contributed by atoms with Gasteiger partial charge in [0.15, 0.2) is 11.5 Å². The van der Waals surface area contributed by atoms with E-state index < -0.39 is 25.0 Å². The van der Waals surface area contributed by atoms with Crippen LogP contribution in [-0.4, -0.2) is 43.8 Å². The number of hydrogen-bond donors (Lipinski definition) is 2. The summed E-state index contributed by atoms with van der Waals surface area (Å²) in [7, 11) is 1.46. The minimum Gasteiger partial charge on any atom is -0.493 e. The Bertz CT molecular complexity index is 466. The summed E-state index contributed by atoms with van der Waals surface area (Å²) in [5.41, 5.74) is 0.169. The van der Waals surface area contributed by atoms with E-state index in [1.54, 1.807) is 6.92 Å². The summed E-state index contributed by atoms with van der Waals surface area (Å²) in [4.78, 5) is 11.7. The molecule has 0 unspecified atom stereocenters.